The highest BCUT2D eigenvalue weighted by Crippen LogP contribution is 2.21. The van der Waals surface area contributed by atoms with E-state index < -0.39 is 0 Å². The minimum Gasteiger partial charge on any atom is -0.497 e. The maximum absolute atomic E-state index is 12.6. The average molecular weight is 364 g/mol. The van der Waals surface area contributed by atoms with Crippen molar-refractivity contribution in [2.24, 2.45) is 0 Å². The standard InChI is InChI=1S/C20H20N4O3/c1-13(11-24-12-22-16-6-4-3-5-15(16)20(24)25)21-10-19-23-17-9-14(26-2)7-8-18(17)27-19/h3-9,12-13,21H,10-11H2,1-2H3. The zero-order valence-electron chi connectivity index (χ0n) is 15.2. The summed E-state index contributed by atoms with van der Waals surface area (Å²) < 4.78 is 12.6. The van der Waals surface area contributed by atoms with Crippen LogP contribution >= 0.6 is 0 Å². The van der Waals surface area contributed by atoms with Crippen LogP contribution in [0.15, 0.2) is 58.0 Å². The van der Waals surface area contributed by atoms with Gasteiger partial charge in [0.05, 0.1) is 30.9 Å². The minimum atomic E-state index is -0.0387. The van der Waals surface area contributed by atoms with Crippen LogP contribution in [0.4, 0.5) is 0 Å². The first kappa shape index (κ1) is 17.2. The van der Waals surface area contributed by atoms with Gasteiger partial charge in [0.2, 0.25) is 5.89 Å². The number of nitrogens with zero attached hydrogens (tertiary/aromatic N) is 3. The van der Waals surface area contributed by atoms with E-state index in [0.717, 1.165) is 16.8 Å². The minimum absolute atomic E-state index is 0.0372. The number of ether oxygens (including phenoxy) is 1. The molecule has 0 saturated carbocycles. The first-order valence-corrected chi connectivity index (χ1v) is 8.75. The molecule has 0 aliphatic carbocycles. The molecule has 4 rings (SSSR count). The number of para-hydroxylation sites is 1. The Bertz CT molecular complexity index is 1150. The van der Waals surface area contributed by atoms with Crippen LogP contribution in [0, 0.1) is 0 Å². The van der Waals surface area contributed by atoms with Crippen molar-refractivity contribution in [1.82, 2.24) is 19.9 Å². The Morgan fingerprint density at radius 1 is 1.22 bits per heavy atom. The molecule has 138 valence electrons. The second-order valence-corrected chi connectivity index (χ2v) is 6.44. The van der Waals surface area contributed by atoms with Gasteiger partial charge in [-0.05, 0) is 31.2 Å². The number of oxazole rings is 1. The first-order chi connectivity index (χ1) is 13.1. The van der Waals surface area contributed by atoms with Crippen molar-refractivity contribution >= 4 is 22.0 Å². The van der Waals surface area contributed by atoms with E-state index in [1.54, 1.807) is 24.1 Å². The van der Waals surface area contributed by atoms with E-state index in [1.807, 2.05) is 43.3 Å². The van der Waals surface area contributed by atoms with Crippen LogP contribution < -0.4 is 15.6 Å². The van der Waals surface area contributed by atoms with Crippen molar-refractivity contribution in [2.45, 2.75) is 26.1 Å². The van der Waals surface area contributed by atoms with Gasteiger partial charge in [0.25, 0.3) is 5.56 Å². The maximum Gasteiger partial charge on any atom is 0.261 e. The van der Waals surface area contributed by atoms with Crippen molar-refractivity contribution in [2.75, 3.05) is 7.11 Å². The van der Waals surface area contributed by atoms with Crippen LogP contribution in [-0.4, -0.2) is 27.7 Å². The lowest BCUT2D eigenvalue weighted by Gasteiger charge is -2.14. The van der Waals surface area contributed by atoms with E-state index in [0.29, 0.717) is 29.9 Å². The van der Waals surface area contributed by atoms with E-state index in [1.165, 1.54) is 0 Å². The van der Waals surface area contributed by atoms with Crippen molar-refractivity contribution in [1.29, 1.82) is 0 Å². The molecule has 0 fully saturated rings. The number of benzene rings is 2. The Hall–Kier alpha value is -3.19. The number of aromatic nitrogens is 3. The number of rotatable bonds is 6. The fourth-order valence-corrected chi connectivity index (χ4v) is 3.01. The van der Waals surface area contributed by atoms with Gasteiger partial charge in [0, 0.05) is 18.7 Å². The smallest absolute Gasteiger partial charge is 0.261 e. The van der Waals surface area contributed by atoms with Gasteiger partial charge in [-0.15, -0.1) is 0 Å². The Morgan fingerprint density at radius 2 is 2.07 bits per heavy atom. The molecule has 0 saturated heterocycles. The first-order valence-electron chi connectivity index (χ1n) is 8.75. The summed E-state index contributed by atoms with van der Waals surface area (Å²) in [5.74, 6) is 1.33. The highest BCUT2D eigenvalue weighted by Gasteiger charge is 2.11. The lowest BCUT2D eigenvalue weighted by molar-refractivity contribution is 0.415. The molecule has 0 aliphatic rings. The fourth-order valence-electron chi connectivity index (χ4n) is 3.01. The normalized spacial score (nSPS) is 12.5. The van der Waals surface area contributed by atoms with Crippen LogP contribution in [0.5, 0.6) is 5.75 Å². The second kappa shape index (κ2) is 7.20. The summed E-state index contributed by atoms with van der Waals surface area (Å²) in [6.07, 6.45) is 1.59. The summed E-state index contributed by atoms with van der Waals surface area (Å²) in [6, 6.07) is 12.9. The van der Waals surface area contributed by atoms with Gasteiger partial charge in [-0.2, -0.15) is 0 Å². The molecule has 2 aromatic heterocycles. The van der Waals surface area contributed by atoms with Crippen LogP contribution in [0.2, 0.25) is 0 Å². The number of fused-ring (bicyclic) bond motifs is 2. The van der Waals surface area contributed by atoms with Crippen molar-refractivity contribution in [3.05, 3.63) is 65.0 Å². The van der Waals surface area contributed by atoms with Crippen LogP contribution in [-0.2, 0) is 13.1 Å². The molecule has 27 heavy (non-hydrogen) atoms. The predicted molar refractivity (Wildman–Crippen MR) is 103 cm³/mol. The number of hydrogen-bond acceptors (Lipinski definition) is 6. The zero-order chi connectivity index (χ0) is 18.8. The largest absolute Gasteiger partial charge is 0.497 e. The van der Waals surface area contributed by atoms with Crippen LogP contribution in [0.1, 0.15) is 12.8 Å². The van der Waals surface area contributed by atoms with E-state index in [-0.39, 0.29) is 11.6 Å². The summed E-state index contributed by atoms with van der Waals surface area (Å²) in [6.45, 7) is 2.98. The third kappa shape index (κ3) is 3.54. The fraction of sp³-hybridized carbons (Fsp3) is 0.250. The zero-order valence-corrected chi connectivity index (χ0v) is 15.2. The van der Waals surface area contributed by atoms with Gasteiger partial charge < -0.3 is 14.5 Å². The molecular weight excluding hydrogens is 344 g/mol. The van der Waals surface area contributed by atoms with Gasteiger partial charge in [0.15, 0.2) is 5.58 Å². The highest BCUT2D eigenvalue weighted by molar-refractivity contribution is 5.77. The average Bonchev–Trinajstić information content (AvgIpc) is 3.11. The molecule has 7 nitrogen and oxygen atoms in total. The molecule has 2 heterocycles. The summed E-state index contributed by atoms with van der Waals surface area (Å²) in [5, 5.41) is 3.96. The number of nitrogens with one attached hydrogen (secondary N) is 1. The molecule has 0 amide bonds. The van der Waals surface area contributed by atoms with Gasteiger partial charge in [-0.3, -0.25) is 9.36 Å². The van der Waals surface area contributed by atoms with Gasteiger partial charge in [-0.25, -0.2) is 9.97 Å². The molecular formula is C20H20N4O3. The second-order valence-electron chi connectivity index (χ2n) is 6.44. The number of hydrogen-bond donors (Lipinski definition) is 1. The molecule has 4 aromatic rings. The van der Waals surface area contributed by atoms with E-state index in [4.69, 9.17) is 9.15 Å². The van der Waals surface area contributed by atoms with Crippen LogP contribution in [0.25, 0.3) is 22.0 Å². The molecule has 1 unspecified atom stereocenters. The lowest BCUT2D eigenvalue weighted by Crippen LogP contribution is -2.34. The van der Waals surface area contributed by atoms with Gasteiger partial charge in [-0.1, -0.05) is 12.1 Å². The molecule has 2 aromatic carbocycles. The molecule has 0 radical (unpaired) electrons. The van der Waals surface area contributed by atoms with E-state index in [9.17, 15) is 4.79 Å². The molecule has 0 aliphatic heterocycles. The third-order valence-corrected chi connectivity index (χ3v) is 4.44. The van der Waals surface area contributed by atoms with Gasteiger partial charge in [0.1, 0.15) is 11.3 Å². The van der Waals surface area contributed by atoms with Crippen LogP contribution in [0.3, 0.4) is 0 Å². The molecule has 7 heteroatoms. The van der Waals surface area contributed by atoms with Crippen molar-refractivity contribution < 1.29 is 9.15 Å². The quantitative estimate of drug-likeness (QED) is 0.566. The molecule has 0 spiro atoms. The summed E-state index contributed by atoms with van der Waals surface area (Å²) in [5.41, 5.74) is 2.15. The third-order valence-electron chi connectivity index (χ3n) is 4.44. The Labute approximate surface area is 155 Å². The number of methoxy groups -OCH3 is 1. The predicted octanol–water partition coefficient (Wildman–Crippen LogP) is 2.72. The maximum atomic E-state index is 12.6. The van der Waals surface area contributed by atoms with E-state index in [2.05, 4.69) is 15.3 Å². The highest BCUT2D eigenvalue weighted by atomic mass is 16.5. The summed E-state index contributed by atoms with van der Waals surface area (Å²) in [7, 11) is 1.62. The molecule has 0 bridgehead atoms. The van der Waals surface area contributed by atoms with Crippen molar-refractivity contribution in [3.8, 4) is 5.75 Å². The Morgan fingerprint density at radius 3 is 2.93 bits per heavy atom. The summed E-state index contributed by atoms with van der Waals surface area (Å²) in [4.78, 5) is 21.4. The Kier molecular flexibility index (Phi) is 4.60. The molecule has 1 N–H and O–H groups in total. The van der Waals surface area contributed by atoms with E-state index >= 15 is 0 Å². The SMILES string of the molecule is COc1ccc2oc(CNC(C)Cn3cnc4ccccc4c3=O)nc2c1. The Balaban J connectivity index is 1.45. The monoisotopic (exact) mass is 364 g/mol. The molecule has 1 atom stereocenters. The van der Waals surface area contributed by atoms with Gasteiger partial charge >= 0.3 is 0 Å². The topological polar surface area (TPSA) is 82.2 Å². The summed E-state index contributed by atoms with van der Waals surface area (Å²) >= 11 is 0. The lowest BCUT2D eigenvalue weighted by atomic mass is 10.2. The van der Waals surface area contributed by atoms with Crippen molar-refractivity contribution in [3.63, 3.8) is 0 Å².